The summed E-state index contributed by atoms with van der Waals surface area (Å²) < 4.78 is 59.9. The zero-order valence-electron chi connectivity index (χ0n) is 21.4. The molecular formula is C23H47IO11. The van der Waals surface area contributed by atoms with Crippen LogP contribution in [0.15, 0.2) is 0 Å². The highest BCUT2D eigenvalue weighted by atomic mass is 127. The van der Waals surface area contributed by atoms with Gasteiger partial charge in [0.25, 0.3) is 0 Å². The maximum absolute atomic E-state index is 5.45. The molecule has 0 atom stereocenters. The quantitative estimate of drug-likeness (QED) is 0.0613. The van der Waals surface area contributed by atoms with Gasteiger partial charge in [-0.1, -0.05) is 22.6 Å². The van der Waals surface area contributed by atoms with Crippen molar-refractivity contribution in [3.8, 4) is 0 Å². The Kier molecular flexibility index (Phi) is 34.6. The van der Waals surface area contributed by atoms with Gasteiger partial charge in [-0.2, -0.15) is 0 Å². The van der Waals surface area contributed by atoms with E-state index in [0.717, 1.165) is 11.0 Å². The molecule has 0 radical (unpaired) electrons. The van der Waals surface area contributed by atoms with Gasteiger partial charge < -0.3 is 52.1 Å². The van der Waals surface area contributed by atoms with Gasteiger partial charge in [0.2, 0.25) is 0 Å². The molecule has 0 saturated carbocycles. The zero-order valence-corrected chi connectivity index (χ0v) is 23.6. The Morgan fingerprint density at radius 1 is 0.286 bits per heavy atom. The van der Waals surface area contributed by atoms with E-state index in [4.69, 9.17) is 52.1 Å². The molecular weight excluding hydrogens is 579 g/mol. The third-order valence-corrected chi connectivity index (χ3v) is 4.44. The molecule has 0 unspecified atom stereocenters. The van der Waals surface area contributed by atoms with Crippen LogP contribution in [0.1, 0.15) is 0 Å². The fourth-order valence-electron chi connectivity index (χ4n) is 2.28. The lowest BCUT2D eigenvalue weighted by Gasteiger charge is -2.09. The smallest absolute Gasteiger partial charge is 0.0701 e. The number of hydrogen-bond donors (Lipinski definition) is 0. The number of ether oxygens (including phenoxy) is 11. The average molecular weight is 627 g/mol. The molecule has 0 heterocycles. The summed E-state index contributed by atoms with van der Waals surface area (Å²) in [6, 6.07) is 0. The molecule has 11 nitrogen and oxygen atoms in total. The molecule has 0 aliphatic rings. The van der Waals surface area contributed by atoms with Gasteiger partial charge in [0.15, 0.2) is 0 Å². The van der Waals surface area contributed by atoms with E-state index in [1.807, 2.05) is 0 Å². The number of methoxy groups -OCH3 is 1. The standard InChI is InChI=1S/C23H47IO11/c1-25-4-5-27-8-9-29-12-13-31-16-17-33-20-21-35-23-22-34-19-18-32-15-14-30-11-10-28-7-6-26-3-2-24/h2-23H2,1H3. The third-order valence-electron chi connectivity index (χ3n) is 4.00. The molecule has 0 aromatic heterocycles. The molecule has 0 fully saturated rings. The van der Waals surface area contributed by atoms with E-state index < -0.39 is 0 Å². The normalized spacial score (nSPS) is 11.5. The Bertz CT molecular complexity index is 338. The van der Waals surface area contributed by atoms with Crippen molar-refractivity contribution in [2.45, 2.75) is 0 Å². The van der Waals surface area contributed by atoms with Gasteiger partial charge >= 0.3 is 0 Å². The van der Waals surface area contributed by atoms with Crippen molar-refractivity contribution in [3.05, 3.63) is 0 Å². The molecule has 0 N–H and O–H groups in total. The zero-order chi connectivity index (χ0) is 25.3. The monoisotopic (exact) mass is 626 g/mol. The molecule has 0 aliphatic heterocycles. The fraction of sp³-hybridized carbons (Fsp3) is 1.00. The summed E-state index contributed by atoms with van der Waals surface area (Å²) in [4.78, 5) is 0. The van der Waals surface area contributed by atoms with Crippen molar-refractivity contribution < 1.29 is 52.1 Å². The second kappa shape index (κ2) is 34.3. The van der Waals surface area contributed by atoms with Crippen LogP contribution in [0.4, 0.5) is 0 Å². The molecule has 0 aliphatic carbocycles. The van der Waals surface area contributed by atoms with E-state index in [9.17, 15) is 0 Å². The molecule has 212 valence electrons. The number of hydrogen-bond acceptors (Lipinski definition) is 11. The van der Waals surface area contributed by atoms with Crippen LogP contribution in [-0.4, -0.2) is 150 Å². The number of rotatable bonds is 32. The number of halogens is 1. The molecule has 35 heavy (non-hydrogen) atoms. The third kappa shape index (κ3) is 34.3. The van der Waals surface area contributed by atoms with E-state index in [1.54, 1.807) is 7.11 Å². The number of alkyl halides is 1. The lowest BCUT2D eigenvalue weighted by Crippen LogP contribution is -2.15. The first-order valence-electron chi connectivity index (χ1n) is 12.2. The first-order chi connectivity index (χ1) is 17.4. The fourth-order valence-corrected chi connectivity index (χ4v) is 2.59. The summed E-state index contributed by atoms with van der Waals surface area (Å²) in [5.74, 6) is 0. The van der Waals surface area contributed by atoms with Crippen LogP contribution < -0.4 is 0 Å². The van der Waals surface area contributed by atoms with Crippen molar-refractivity contribution in [1.29, 1.82) is 0 Å². The lowest BCUT2D eigenvalue weighted by atomic mass is 10.6. The van der Waals surface area contributed by atoms with E-state index in [0.29, 0.717) is 132 Å². The largest absolute Gasteiger partial charge is 0.382 e. The minimum Gasteiger partial charge on any atom is -0.382 e. The summed E-state index contributed by atoms with van der Waals surface area (Å²) in [5, 5.41) is 0. The Morgan fingerprint density at radius 2 is 0.457 bits per heavy atom. The van der Waals surface area contributed by atoms with E-state index in [2.05, 4.69) is 22.6 Å². The second-order valence-electron chi connectivity index (χ2n) is 6.81. The van der Waals surface area contributed by atoms with Crippen molar-refractivity contribution in [2.24, 2.45) is 0 Å². The minimum atomic E-state index is 0.526. The van der Waals surface area contributed by atoms with Crippen LogP contribution in [-0.2, 0) is 52.1 Å². The van der Waals surface area contributed by atoms with Gasteiger partial charge in [0, 0.05) is 11.5 Å². The molecule has 0 bridgehead atoms. The van der Waals surface area contributed by atoms with E-state index >= 15 is 0 Å². The van der Waals surface area contributed by atoms with Crippen molar-refractivity contribution >= 4 is 22.6 Å². The second-order valence-corrected chi connectivity index (χ2v) is 7.88. The molecule has 0 aromatic rings. The summed E-state index contributed by atoms with van der Waals surface area (Å²) in [5.41, 5.74) is 0. The Labute approximate surface area is 224 Å². The van der Waals surface area contributed by atoms with Crippen LogP contribution in [0, 0.1) is 0 Å². The minimum absolute atomic E-state index is 0.526. The lowest BCUT2D eigenvalue weighted by molar-refractivity contribution is -0.0269. The van der Waals surface area contributed by atoms with E-state index in [1.165, 1.54) is 0 Å². The van der Waals surface area contributed by atoms with E-state index in [-0.39, 0.29) is 0 Å². The molecule has 12 heteroatoms. The van der Waals surface area contributed by atoms with Crippen LogP contribution in [0.2, 0.25) is 0 Å². The summed E-state index contributed by atoms with van der Waals surface area (Å²) in [7, 11) is 1.65. The van der Waals surface area contributed by atoms with Crippen LogP contribution in [0.5, 0.6) is 0 Å². The maximum atomic E-state index is 5.45. The van der Waals surface area contributed by atoms with Crippen molar-refractivity contribution in [2.75, 3.05) is 150 Å². The Morgan fingerprint density at radius 3 is 0.629 bits per heavy atom. The van der Waals surface area contributed by atoms with Gasteiger partial charge in [0.1, 0.15) is 0 Å². The van der Waals surface area contributed by atoms with Gasteiger partial charge in [0.05, 0.1) is 139 Å². The highest BCUT2D eigenvalue weighted by Crippen LogP contribution is 1.87. The summed E-state index contributed by atoms with van der Waals surface area (Å²) in [6.07, 6.45) is 0. The topological polar surface area (TPSA) is 102 Å². The van der Waals surface area contributed by atoms with Gasteiger partial charge in [-0.15, -0.1) is 0 Å². The van der Waals surface area contributed by atoms with Gasteiger partial charge in [-0.25, -0.2) is 0 Å². The van der Waals surface area contributed by atoms with Crippen LogP contribution in [0.3, 0.4) is 0 Å². The van der Waals surface area contributed by atoms with Crippen LogP contribution >= 0.6 is 22.6 Å². The first kappa shape index (κ1) is 35.3. The molecule has 0 saturated heterocycles. The molecule has 0 aromatic carbocycles. The Hall–Kier alpha value is 0.290. The summed E-state index contributed by atoms with van der Waals surface area (Å²) >= 11 is 2.28. The first-order valence-corrected chi connectivity index (χ1v) is 13.8. The van der Waals surface area contributed by atoms with Crippen molar-refractivity contribution in [1.82, 2.24) is 0 Å². The highest BCUT2D eigenvalue weighted by molar-refractivity contribution is 14.1. The average Bonchev–Trinajstić information content (AvgIpc) is 2.87. The molecule has 0 amide bonds. The Balaban J connectivity index is 3.00. The van der Waals surface area contributed by atoms with Gasteiger partial charge in [-0.05, 0) is 0 Å². The SMILES string of the molecule is COCCOCCOCCOCCOCCOCCOCCOCCOCCOCCOCCI. The predicted molar refractivity (Wildman–Crippen MR) is 139 cm³/mol. The predicted octanol–water partition coefficient (Wildman–Crippen LogP) is 1.23. The summed E-state index contributed by atoms with van der Waals surface area (Å²) in [6.45, 7) is 11.8. The molecule has 0 rings (SSSR count). The maximum Gasteiger partial charge on any atom is 0.0701 e. The van der Waals surface area contributed by atoms with Crippen molar-refractivity contribution in [3.63, 3.8) is 0 Å². The van der Waals surface area contributed by atoms with Gasteiger partial charge in [-0.3, -0.25) is 0 Å². The van der Waals surface area contributed by atoms with Crippen LogP contribution in [0.25, 0.3) is 0 Å². The molecule has 0 spiro atoms. The highest BCUT2D eigenvalue weighted by Gasteiger charge is 1.95.